The molecule has 0 aliphatic rings. The summed E-state index contributed by atoms with van der Waals surface area (Å²) in [6, 6.07) is 7.22. The van der Waals surface area contributed by atoms with Gasteiger partial charge in [-0.2, -0.15) is 0 Å². The van der Waals surface area contributed by atoms with Gasteiger partial charge in [0.05, 0.1) is 26.7 Å². The van der Waals surface area contributed by atoms with E-state index in [2.05, 4.69) is 0 Å². The normalized spacial score (nSPS) is 9.76. The van der Waals surface area contributed by atoms with E-state index in [1.807, 2.05) is 19.1 Å². The van der Waals surface area contributed by atoms with Crippen molar-refractivity contribution in [2.45, 2.75) is 19.8 Å². The summed E-state index contributed by atoms with van der Waals surface area (Å²) in [5, 5.41) is 0. The number of methoxy groups -OCH3 is 1. The first-order chi connectivity index (χ1) is 8.26. The van der Waals surface area contributed by atoms with Gasteiger partial charge in [-0.3, -0.25) is 4.79 Å². The number of hydrogen-bond donors (Lipinski definition) is 0. The fraction of sp³-hybridized carbons (Fsp3) is 0.462. The van der Waals surface area contributed by atoms with Gasteiger partial charge in [-0.05, 0) is 30.7 Å². The molecule has 0 aliphatic carbocycles. The molecule has 0 bridgehead atoms. The fourth-order valence-corrected chi connectivity index (χ4v) is 1.21. The first-order valence-corrected chi connectivity index (χ1v) is 5.68. The molecule has 1 rings (SSSR count). The Morgan fingerprint density at radius 1 is 1.12 bits per heavy atom. The molecule has 0 saturated heterocycles. The van der Waals surface area contributed by atoms with Crippen LogP contribution in [0, 0.1) is 0 Å². The summed E-state index contributed by atoms with van der Waals surface area (Å²) in [7, 11) is 1.61. The van der Waals surface area contributed by atoms with E-state index in [0.29, 0.717) is 19.0 Å². The van der Waals surface area contributed by atoms with Gasteiger partial charge in [0.2, 0.25) is 0 Å². The van der Waals surface area contributed by atoms with E-state index in [1.165, 1.54) is 0 Å². The Morgan fingerprint density at radius 3 is 2.35 bits per heavy atom. The molecule has 1 aromatic rings. The predicted octanol–water partition coefficient (Wildman–Crippen LogP) is 2.42. The summed E-state index contributed by atoms with van der Waals surface area (Å²) < 4.78 is 15.4. The van der Waals surface area contributed by atoms with Crippen LogP contribution in [0.1, 0.15) is 19.8 Å². The average molecular weight is 238 g/mol. The van der Waals surface area contributed by atoms with Crippen LogP contribution in [-0.2, 0) is 9.53 Å². The second-order valence-electron chi connectivity index (χ2n) is 3.49. The summed E-state index contributed by atoms with van der Waals surface area (Å²) >= 11 is 0. The molecular formula is C13H18O4. The molecule has 0 amide bonds. The van der Waals surface area contributed by atoms with Crippen molar-refractivity contribution in [3.05, 3.63) is 24.3 Å². The number of hydrogen-bond acceptors (Lipinski definition) is 4. The lowest BCUT2D eigenvalue weighted by Gasteiger charge is -2.07. The van der Waals surface area contributed by atoms with Crippen LogP contribution in [0.4, 0.5) is 0 Å². The summed E-state index contributed by atoms with van der Waals surface area (Å²) in [5.74, 6) is 1.27. The van der Waals surface area contributed by atoms with Gasteiger partial charge in [0.1, 0.15) is 11.5 Å². The van der Waals surface area contributed by atoms with Crippen molar-refractivity contribution in [3.63, 3.8) is 0 Å². The Bertz CT molecular complexity index is 332. The lowest BCUT2D eigenvalue weighted by atomic mass is 10.3. The maximum absolute atomic E-state index is 11.2. The summed E-state index contributed by atoms with van der Waals surface area (Å²) in [5.41, 5.74) is 0. The molecule has 4 heteroatoms. The molecule has 17 heavy (non-hydrogen) atoms. The van der Waals surface area contributed by atoms with Gasteiger partial charge in [-0.1, -0.05) is 6.92 Å². The Labute approximate surface area is 101 Å². The lowest BCUT2D eigenvalue weighted by molar-refractivity contribution is -0.144. The quantitative estimate of drug-likeness (QED) is 0.684. The number of carbonyl (C=O) groups is 1. The third kappa shape index (κ3) is 5.24. The van der Waals surface area contributed by atoms with Crippen molar-refractivity contribution < 1.29 is 19.0 Å². The van der Waals surface area contributed by atoms with Crippen LogP contribution in [0.3, 0.4) is 0 Å². The van der Waals surface area contributed by atoms with Crippen LogP contribution in [0.5, 0.6) is 11.5 Å². The number of carbonyl (C=O) groups excluding carboxylic acids is 1. The van der Waals surface area contributed by atoms with Gasteiger partial charge >= 0.3 is 5.97 Å². The van der Waals surface area contributed by atoms with Crippen molar-refractivity contribution in [3.8, 4) is 11.5 Å². The van der Waals surface area contributed by atoms with Crippen molar-refractivity contribution >= 4 is 5.97 Å². The van der Waals surface area contributed by atoms with Crippen LogP contribution in [0.15, 0.2) is 24.3 Å². The third-order valence-corrected chi connectivity index (χ3v) is 2.10. The Hall–Kier alpha value is -1.71. The molecule has 0 fully saturated rings. The highest BCUT2D eigenvalue weighted by atomic mass is 16.5. The first-order valence-electron chi connectivity index (χ1n) is 5.68. The van der Waals surface area contributed by atoms with E-state index in [-0.39, 0.29) is 12.4 Å². The highest BCUT2D eigenvalue weighted by Crippen LogP contribution is 2.16. The van der Waals surface area contributed by atoms with Gasteiger partial charge in [-0.15, -0.1) is 0 Å². The molecule has 0 heterocycles. The molecule has 0 aliphatic heterocycles. The van der Waals surface area contributed by atoms with Crippen LogP contribution in [0.2, 0.25) is 0 Å². The Kier molecular flexibility index (Phi) is 5.93. The first kappa shape index (κ1) is 13.4. The maximum atomic E-state index is 11.2. The summed E-state index contributed by atoms with van der Waals surface area (Å²) in [6.45, 7) is 2.76. The van der Waals surface area contributed by atoms with Crippen LogP contribution >= 0.6 is 0 Å². The number of ether oxygens (including phenoxy) is 3. The zero-order valence-electron chi connectivity index (χ0n) is 10.3. The standard InChI is InChI=1S/C13H18O4/c1-3-9-17-13(14)8-10-16-12-6-4-11(15-2)5-7-12/h4-7H,3,8-10H2,1-2H3. The minimum absolute atomic E-state index is 0.222. The summed E-state index contributed by atoms with van der Waals surface area (Å²) in [4.78, 5) is 11.2. The van der Waals surface area contributed by atoms with E-state index in [0.717, 1.165) is 12.2 Å². The molecule has 94 valence electrons. The second kappa shape index (κ2) is 7.54. The average Bonchev–Trinajstić information content (AvgIpc) is 2.37. The second-order valence-corrected chi connectivity index (χ2v) is 3.49. The van der Waals surface area contributed by atoms with Crippen molar-refractivity contribution in [1.29, 1.82) is 0 Å². The molecule has 4 nitrogen and oxygen atoms in total. The maximum Gasteiger partial charge on any atom is 0.309 e. The molecule has 0 unspecified atom stereocenters. The van der Waals surface area contributed by atoms with E-state index < -0.39 is 0 Å². The van der Waals surface area contributed by atoms with E-state index in [1.54, 1.807) is 19.2 Å². The van der Waals surface area contributed by atoms with Crippen molar-refractivity contribution in [1.82, 2.24) is 0 Å². The molecular weight excluding hydrogens is 220 g/mol. The highest BCUT2D eigenvalue weighted by molar-refractivity contribution is 5.69. The van der Waals surface area contributed by atoms with E-state index >= 15 is 0 Å². The minimum atomic E-state index is -0.222. The monoisotopic (exact) mass is 238 g/mol. The molecule has 0 saturated carbocycles. The van der Waals surface area contributed by atoms with Gasteiger partial charge in [0, 0.05) is 0 Å². The number of esters is 1. The molecule has 0 N–H and O–H groups in total. The molecule has 1 aromatic carbocycles. The zero-order chi connectivity index (χ0) is 12.5. The highest BCUT2D eigenvalue weighted by Gasteiger charge is 2.02. The van der Waals surface area contributed by atoms with Gasteiger partial charge < -0.3 is 14.2 Å². The third-order valence-electron chi connectivity index (χ3n) is 2.10. The zero-order valence-corrected chi connectivity index (χ0v) is 10.3. The van der Waals surface area contributed by atoms with Crippen molar-refractivity contribution in [2.24, 2.45) is 0 Å². The van der Waals surface area contributed by atoms with Gasteiger partial charge in [0.25, 0.3) is 0 Å². The van der Waals surface area contributed by atoms with Crippen LogP contribution in [-0.4, -0.2) is 26.3 Å². The number of rotatable bonds is 7. The minimum Gasteiger partial charge on any atom is -0.497 e. The molecule has 0 radical (unpaired) electrons. The van der Waals surface area contributed by atoms with E-state index in [9.17, 15) is 4.79 Å². The largest absolute Gasteiger partial charge is 0.497 e. The van der Waals surface area contributed by atoms with E-state index in [4.69, 9.17) is 14.2 Å². The van der Waals surface area contributed by atoms with Gasteiger partial charge in [0.15, 0.2) is 0 Å². The molecule has 0 aromatic heterocycles. The molecule has 0 spiro atoms. The number of benzene rings is 1. The lowest BCUT2D eigenvalue weighted by Crippen LogP contribution is -2.10. The van der Waals surface area contributed by atoms with Crippen LogP contribution in [0.25, 0.3) is 0 Å². The Morgan fingerprint density at radius 2 is 1.76 bits per heavy atom. The van der Waals surface area contributed by atoms with Crippen molar-refractivity contribution in [2.75, 3.05) is 20.3 Å². The Balaban J connectivity index is 2.23. The fourth-order valence-electron chi connectivity index (χ4n) is 1.21. The van der Waals surface area contributed by atoms with Crippen LogP contribution < -0.4 is 9.47 Å². The smallest absolute Gasteiger partial charge is 0.309 e. The SMILES string of the molecule is CCCOC(=O)CCOc1ccc(OC)cc1. The summed E-state index contributed by atoms with van der Waals surface area (Å²) in [6.07, 6.45) is 1.11. The molecule has 0 atom stereocenters. The van der Waals surface area contributed by atoms with Gasteiger partial charge in [-0.25, -0.2) is 0 Å². The predicted molar refractivity (Wildman–Crippen MR) is 64.4 cm³/mol. The topological polar surface area (TPSA) is 44.8 Å².